The lowest BCUT2D eigenvalue weighted by Crippen LogP contribution is -2.34. The minimum Gasteiger partial charge on any atom is -0.490 e. The van der Waals surface area contributed by atoms with Crippen LogP contribution < -0.4 is 10.1 Å². The number of carbonyl (C=O) groups excluding carboxylic acids is 2. The molecule has 0 amide bonds. The zero-order chi connectivity index (χ0) is 21.8. The summed E-state index contributed by atoms with van der Waals surface area (Å²) in [6, 6.07) is 17.1. The molecule has 0 radical (unpaired) electrons. The smallest absolute Gasteiger partial charge is 0.336 e. The maximum atomic E-state index is 13.1. The summed E-state index contributed by atoms with van der Waals surface area (Å²) >= 11 is 3.46. The van der Waals surface area contributed by atoms with Gasteiger partial charge in [0.05, 0.1) is 5.57 Å². The number of benzene rings is 2. The van der Waals surface area contributed by atoms with Gasteiger partial charge in [-0.1, -0.05) is 46.3 Å². The maximum absolute atomic E-state index is 13.1. The van der Waals surface area contributed by atoms with E-state index >= 15 is 0 Å². The maximum Gasteiger partial charge on any atom is 0.336 e. The Morgan fingerprint density at radius 3 is 2.55 bits per heavy atom. The first-order valence-corrected chi connectivity index (χ1v) is 11.2. The lowest BCUT2D eigenvalue weighted by molar-refractivity contribution is -0.140. The van der Waals surface area contributed by atoms with Gasteiger partial charge in [0.2, 0.25) is 0 Å². The molecule has 0 saturated heterocycles. The van der Waals surface area contributed by atoms with Crippen molar-refractivity contribution in [2.45, 2.75) is 32.1 Å². The molecule has 31 heavy (non-hydrogen) atoms. The van der Waals surface area contributed by atoms with E-state index in [0.717, 1.165) is 40.0 Å². The van der Waals surface area contributed by atoms with Gasteiger partial charge in [-0.2, -0.15) is 0 Å². The third kappa shape index (κ3) is 4.74. The van der Waals surface area contributed by atoms with Gasteiger partial charge in [-0.25, -0.2) is 4.79 Å². The number of Topliss-reactive ketones (excluding diaryl/α,β-unsaturated/α-hetero) is 1. The highest BCUT2D eigenvalue weighted by atomic mass is 79.9. The molecule has 1 heterocycles. The number of esters is 1. The van der Waals surface area contributed by atoms with Gasteiger partial charge in [-0.05, 0) is 49.6 Å². The van der Waals surface area contributed by atoms with Crippen LogP contribution in [0.1, 0.15) is 37.7 Å². The van der Waals surface area contributed by atoms with Crippen LogP contribution in [0.2, 0.25) is 0 Å². The van der Waals surface area contributed by atoms with Crippen molar-refractivity contribution < 1.29 is 19.1 Å². The Morgan fingerprint density at radius 2 is 1.81 bits per heavy atom. The first-order chi connectivity index (χ1) is 15.0. The molecule has 5 nitrogen and oxygen atoms in total. The van der Waals surface area contributed by atoms with Crippen molar-refractivity contribution >= 4 is 27.7 Å². The number of ketones is 1. The van der Waals surface area contributed by atoms with E-state index in [1.165, 1.54) is 0 Å². The minimum atomic E-state index is -0.431. The number of halogens is 1. The summed E-state index contributed by atoms with van der Waals surface area (Å²) in [5, 5.41) is 3.30. The number of allylic oxidation sites excluding steroid dienone is 3. The fraction of sp³-hybridized carbons (Fsp3) is 0.280. The van der Waals surface area contributed by atoms with Gasteiger partial charge in [-0.3, -0.25) is 4.79 Å². The van der Waals surface area contributed by atoms with Crippen molar-refractivity contribution in [2.75, 3.05) is 13.2 Å². The largest absolute Gasteiger partial charge is 0.490 e. The fourth-order valence-electron chi connectivity index (χ4n) is 4.13. The molecular formula is C25H24BrNO4. The first kappa shape index (κ1) is 21.4. The molecular weight excluding hydrogens is 458 g/mol. The van der Waals surface area contributed by atoms with Crippen LogP contribution in [-0.2, 0) is 14.3 Å². The molecule has 2 aromatic carbocycles. The summed E-state index contributed by atoms with van der Waals surface area (Å²) in [4.78, 5) is 26.0. The Morgan fingerprint density at radius 1 is 1.06 bits per heavy atom. The van der Waals surface area contributed by atoms with Crippen LogP contribution in [0.3, 0.4) is 0 Å². The van der Waals surface area contributed by atoms with Crippen molar-refractivity contribution in [3.05, 3.63) is 87.2 Å². The van der Waals surface area contributed by atoms with Crippen molar-refractivity contribution in [2.24, 2.45) is 0 Å². The number of rotatable bonds is 6. The summed E-state index contributed by atoms with van der Waals surface area (Å²) in [5.74, 6) is -0.0466. The van der Waals surface area contributed by atoms with E-state index in [9.17, 15) is 9.59 Å². The second-order valence-electron chi connectivity index (χ2n) is 7.61. The molecule has 0 saturated carbocycles. The van der Waals surface area contributed by atoms with E-state index in [4.69, 9.17) is 9.47 Å². The monoisotopic (exact) mass is 481 g/mol. The number of hydrogen-bond acceptors (Lipinski definition) is 5. The molecule has 1 unspecified atom stereocenters. The minimum absolute atomic E-state index is 0.0897. The molecule has 0 spiro atoms. The molecule has 1 aliphatic carbocycles. The van der Waals surface area contributed by atoms with Crippen LogP contribution in [0.25, 0.3) is 0 Å². The van der Waals surface area contributed by atoms with E-state index in [2.05, 4.69) is 21.2 Å². The van der Waals surface area contributed by atoms with Gasteiger partial charge in [-0.15, -0.1) is 0 Å². The summed E-state index contributed by atoms with van der Waals surface area (Å²) in [7, 11) is 0. The number of nitrogens with one attached hydrogen (secondary N) is 1. The summed E-state index contributed by atoms with van der Waals surface area (Å²) in [6.07, 6.45) is 2.13. The van der Waals surface area contributed by atoms with Gasteiger partial charge in [0.1, 0.15) is 19.0 Å². The highest BCUT2D eigenvalue weighted by molar-refractivity contribution is 9.10. The molecule has 0 aromatic heterocycles. The molecule has 6 heteroatoms. The van der Waals surface area contributed by atoms with Crippen LogP contribution in [0.4, 0.5) is 0 Å². The summed E-state index contributed by atoms with van der Waals surface area (Å²) in [5.41, 5.74) is 3.72. The Bertz CT molecular complexity index is 1040. The topological polar surface area (TPSA) is 64.6 Å². The van der Waals surface area contributed by atoms with Gasteiger partial charge in [0, 0.05) is 33.8 Å². The molecule has 1 N–H and O–H groups in total. The summed E-state index contributed by atoms with van der Waals surface area (Å²) in [6.45, 7) is 2.24. The molecule has 0 bridgehead atoms. The van der Waals surface area contributed by atoms with E-state index < -0.39 is 11.9 Å². The Kier molecular flexibility index (Phi) is 6.56. The van der Waals surface area contributed by atoms with E-state index in [0.29, 0.717) is 17.6 Å². The number of ether oxygens (including phenoxy) is 2. The first-order valence-electron chi connectivity index (χ1n) is 10.4. The second-order valence-corrected chi connectivity index (χ2v) is 8.53. The van der Waals surface area contributed by atoms with Crippen LogP contribution >= 0.6 is 15.9 Å². The zero-order valence-electron chi connectivity index (χ0n) is 17.3. The van der Waals surface area contributed by atoms with Gasteiger partial charge in [0.15, 0.2) is 5.78 Å². The van der Waals surface area contributed by atoms with Crippen molar-refractivity contribution in [1.82, 2.24) is 5.32 Å². The number of dihydropyridines is 1. The highest BCUT2D eigenvalue weighted by Gasteiger charge is 2.39. The Hall–Kier alpha value is -2.86. The number of para-hydroxylation sites is 1. The lowest BCUT2D eigenvalue weighted by atomic mass is 9.75. The molecule has 0 fully saturated rings. The SMILES string of the molecule is CC1=C(C(=O)OCCOc2ccccc2)C(c2ccc(Br)cc2)C2=C(CCCC2=O)N1. The molecule has 1 aliphatic heterocycles. The standard InChI is InChI=1S/C25H24BrNO4/c1-16-22(25(29)31-15-14-30-19-6-3-2-4-7-19)23(17-10-12-18(26)13-11-17)24-20(27-16)8-5-9-21(24)28/h2-4,6-7,10-13,23,27H,5,8-9,14-15H2,1H3. The Balaban J connectivity index is 1.55. The Labute approximate surface area is 190 Å². The molecule has 2 aliphatic rings. The molecule has 2 aromatic rings. The lowest BCUT2D eigenvalue weighted by Gasteiger charge is -2.34. The quantitative estimate of drug-likeness (QED) is 0.462. The van der Waals surface area contributed by atoms with E-state index in [-0.39, 0.29) is 19.0 Å². The van der Waals surface area contributed by atoms with Crippen molar-refractivity contribution in [3.63, 3.8) is 0 Å². The van der Waals surface area contributed by atoms with Crippen molar-refractivity contribution in [3.8, 4) is 5.75 Å². The van der Waals surface area contributed by atoms with Crippen molar-refractivity contribution in [1.29, 1.82) is 0 Å². The number of carbonyl (C=O) groups is 2. The highest BCUT2D eigenvalue weighted by Crippen LogP contribution is 2.42. The van der Waals surface area contributed by atoms with Gasteiger partial charge < -0.3 is 14.8 Å². The normalized spacial score (nSPS) is 18.4. The van der Waals surface area contributed by atoms with E-state index in [1.54, 1.807) is 0 Å². The predicted molar refractivity (Wildman–Crippen MR) is 121 cm³/mol. The average molecular weight is 482 g/mol. The molecule has 4 rings (SSSR count). The summed E-state index contributed by atoms with van der Waals surface area (Å²) < 4.78 is 12.1. The van der Waals surface area contributed by atoms with Gasteiger partial charge >= 0.3 is 5.97 Å². The third-order valence-electron chi connectivity index (χ3n) is 5.53. The van der Waals surface area contributed by atoms with Crippen LogP contribution in [0.5, 0.6) is 5.75 Å². The van der Waals surface area contributed by atoms with E-state index in [1.807, 2.05) is 61.5 Å². The number of hydrogen-bond donors (Lipinski definition) is 1. The predicted octanol–water partition coefficient (Wildman–Crippen LogP) is 5.04. The second kappa shape index (κ2) is 9.52. The van der Waals surface area contributed by atoms with Crippen LogP contribution in [-0.4, -0.2) is 25.0 Å². The zero-order valence-corrected chi connectivity index (χ0v) is 18.9. The molecule has 1 atom stereocenters. The van der Waals surface area contributed by atoms with Gasteiger partial charge in [0.25, 0.3) is 0 Å². The average Bonchev–Trinajstić information content (AvgIpc) is 2.77. The fourth-order valence-corrected chi connectivity index (χ4v) is 4.40. The molecule has 160 valence electrons. The third-order valence-corrected chi connectivity index (χ3v) is 6.06. The van der Waals surface area contributed by atoms with Crippen LogP contribution in [0.15, 0.2) is 81.6 Å². The van der Waals surface area contributed by atoms with Crippen LogP contribution in [0, 0.1) is 0 Å².